The average Bonchev–Trinajstić information content (AvgIpc) is 2.92. The zero-order valence-electron chi connectivity index (χ0n) is 11.6. The van der Waals surface area contributed by atoms with Gasteiger partial charge >= 0.3 is 6.09 Å². The number of carbonyl (C=O) groups is 1. The fourth-order valence-corrected chi connectivity index (χ4v) is 2.86. The lowest BCUT2D eigenvalue weighted by Gasteiger charge is -2.41. The van der Waals surface area contributed by atoms with Crippen LogP contribution in [0.1, 0.15) is 12.0 Å². The molecular weight excluding hydrogens is 254 g/mol. The van der Waals surface area contributed by atoms with E-state index in [-0.39, 0.29) is 6.09 Å². The monoisotopic (exact) mass is 275 g/mol. The fraction of sp³-hybridized carbons (Fsp3) is 0.533. The summed E-state index contributed by atoms with van der Waals surface area (Å²) in [6.45, 7) is 3.80. The topological polar surface area (TPSA) is 58.8 Å². The molecule has 3 rings (SSSR count). The van der Waals surface area contributed by atoms with Gasteiger partial charge in [0.25, 0.3) is 0 Å². The van der Waals surface area contributed by atoms with Gasteiger partial charge in [-0.15, -0.1) is 0 Å². The molecule has 1 aromatic carbocycles. The van der Waals surface area contributed by atoms with Gasteiger partial charge in [0.15, 0.2) is 0 Å². The highest BCUT2D eigenvalue weighted by Gasteiger charge is 2.36. The molecule has 0 spiro atoms. The zero-order valence-corrected chi connectivity index (χ0v) is 11.6. The van der Waals surface area contributed by atoms with Crippen LogP contribution in [-0.4, -0.2) is 54.2 Å². The third-order valence-corrected chi connectivity index (χ3v) is 4.08. The number of nitrogens with zero attached hydrogens (tertiary/aromatic N) is 2. The third-order valence-electron chi connectivity index (χ3n) is 4.08. The standard InChI is InChI=1S/C15H21N3O2/c16-13-8-18(9-13)14-6-7-17(10-14)15(19)20-11-12-4-2-1-3-5-12/h1-5,13-14H,6-11,16H2/t14-/m1/s1. The summed E-state index contributed by atoms with van der Waals surface area (Å²) in [5.41, 5.74) is 6.81. The van der Waals surface area contributed by atoms with E-state index in [9.17, 15) is 4.79 Å². The van der Waals surface area contributed by atoms with Crippen LogP contribution in [0, 0.1) is 0 Å². The van der Waals surface area contributed by atoms with Crippen molar-refractivity contribution in [2.45, 2.75) is 25.1 Å². The number of likely N-dealkylation sites (tertiary alicyclic amines) is 2. The van der Waals surface area contributed by atoms with Gasteiger partial charge in [0, 0.05) is 38.3 Å². The van der Waals surface area contributed by atoms with E-state index in [4.69, 9.17) is 10.5 Å². The van der Waals surface area contributed by atoms with Crippen molar-refractivity contribution in [1.82, 2.24) is 9.80 Å². The molecule has 2 aliphatic heterocycles. The zero-order chi connectivity index (χ0) is 13.9. The molecule has 0 radical (unpaired) electrons. The van der Waals surface area contributed by atoms with Crippen LogP contribution in [0.25, 0.3) is 0 Å². The number of ether oxygens (including phenoxy) is 1. The Labute approximate surface area is 119 Å². The highest BCUT2D eigenvalue weighted by atomic mass is 16.6. The molecule has 20 heavy (non-hydrogen) atoms. The Morgan fingerprint density at radius 3 is 2.70 bits per heavy atom. The van der Waals surface area contributed by atoms with Crippen molar-refractivity contribution in [2.24, 2.45) is 5.73 Å². The van der Waals surface area contributed by atoms with Gasteiger partial charge in [-0.05, 0) is 12.0 Å². The maximum Gasteiger partial charge on any atom is 0.410 e. The molecule has 5 heteroatoms. The van der Waals surface area contributed by atoms with Gasteiger partial charge in [-0.25, -0.2) is 4.79 Å². The Morgan fingerprint density at radius 1 is 1.25 bits per heavy atom. The van der Waals surface area contributed by atoms with Gasteiger partial charge in [0.2, 0.25) is 0 Å². The maximum absolute atomic E-state index is 12.0. The minimum absolute atomic E-state index is 0.207. The molecule has 2 N–H and O–H groups in total. The molecule has 1 aromatic rings. The van der Waals surface area contributed by atoms with Crippen LogP contribution in [0.3, 0.4) is 0 Å². The SMILES string of the molecule is NC1CN([C@@H]2CCN(C(=O)OCc3ccccc3)C2)C1. The molecule has 5 nitrogen and oxygen atoms in total. The molecule has 1 amide bonds. The minimum Gasteiger partial charge on any atom is -0.445 e. The summed E-state index contributed by atoms with van der Waals surface area (Å²) in [5, 5.41) is 0. The number of nitrogens with two attached hydrogens (primary N) is 1. The van der Waals surface area contributed by atoms with Crippen molar-refractivity contribution in [3.05, 3.63) is 35.9 Å². The van der Waals surface area contributed by atoms with Crippen LogP contribution >= 0.6 is 0 Å². The molecule has 0 aliphatic carbocycles. The predicted molar refractivity (Wildman–Crippen MR) is 76.2 cm³/mol. The first-order valence-corrected chi connectivity index (χ1v) is 7.17. The molecule has 108 valence electrons. The van der Waals surface area contributed by atoms with Crippen LogP contribution in [-0.2, 0) is 11.3 Å². The summed E-state index contributed by atoms with van der Waals surface area (Å²) in [5.74, 6) is 0. The van der Waals surface area contributed by atoms with Gasteiger partial charge in [-0.3, -0.25) is 4.90 Å². The smallest absolute Gasteiger partial charge is 0.410 e. The van der Waals surface area contributed by atoms with E-state index in [2.05, 4.69) is 4.90 Å². The van der Waals surface area contributed by atoms with Crippen molar-refractivity contribution in [3.8, 4) is 0 Å². The predicted octanol–water partition coefficient (Wildman–Crippen LogP) is 1.04. The summed E-state index contributed by atoms with van der Waals surface area (Å²) >= 11 is 0. The van der Waals surface area contributed by atoms with Gasteiger partial charge in [0.05, 0.1) is 0 Å². The van der Waals surface area contributed by atoms with Crippen LogP contribution in [0.4, 0.5) is 4.79 Å². The Morgan fingerprint density at radius 2 is 2.00 bits per heavy atom. The number of carbonyl (C=O) groups excluding carboxylic acids is 1. The summed E-state index contributed by atoms with van der Waals surface area (Å²) in [4.78, 5) is 16.2. The average molecular weight is 275 g/mol. The van der Waals surface area contributed by atoms with Crippen LogP contribution in [0.2, 0.25) is 0 Å². The third kappa shape index (κ3) is 2.94. The molecule has 2 saturated heterocycles. The summed E-state index contributed by atoms with van der Waals surface area (Å²) < 4.78 is 5.36. The lowest BCUT2D eigenvalue weighted by Crippen LogP contribution is -2.59. The van der Waals surface area contributed by atoms with Gasteiger partial charge < -0.3 is 15.4 Å². The molecule has 1 atom stereocenters. The number of benzene rings is 1. The molecule has 0 unspecified atom stereocenters. The Hall–Kier alpha value is -1.59. The maximum atomic E-state index is 12.0. The van der Waals surface area contributed by atoms with E-state index in [0.717, 1.165) is 38.2 Å². The second-order valence-electron chi connectivity index (χ2n) is 5.64. The Kier molecular flexibility index (Phi) is 3.89. The summed E-state index contributed by atoms with van der Waals surface area (Å²) in [6.07, 6.45) is 0.814. The molecule has 2 aliphatic rings. The lowest BCUT2D eigenvalue weighted by atomic mass is 10.1. The molecule has 2 fully saturated rings. The molecular formula is C15H21N3O2. The van der Waals surface area contributed by atoms with Gasteiger partial charge in [-0.1, -0.05) is 30.3 Å². The largest absolute Gasteiger partial charge is 0.445 e. The van der Waals surface area contributed by atoms with Crippen LogP contribution < -0.4 is 5.73 Å². The van der Waals surface area contributed by atoms with E-state index in [1.165, 1.54) is 0 Å². The van der Waals surface area contributed by atoms with E-state index in [0.29, 0.717) is 18.7 Å². The van der Waals surface area contributed by atoms with E-state index < -0.39 is 0 Å². The number of rotatable bonds is 3. The Balaban J connectivity index is 1.44. The number of hydrogen-bond acceptors (Lipinski definition) is 4. The highest BCUT2D eigenvalue weighted by molar-refractivity contribution is 5.68. The molecule has 0 bridgehead atoms. The summed E-state index contributed by atoms with van der Waals surface area (Å²) in [7, 11) is 0. The summed E-state index contributed by atoms with van der Waals surface area (Å²) in [6, 6.07) is 10.5. The van der Waals surface area contributed by atoms with Crippen molar-refractivity contribution < 1.29 is 9.53 Å². The van der Waals surface area contributed by atoms with Crippen LogP contribution in [0.5, 0.6) is 0 Å². The highest BCUT2D eigenvalue weighted by Crippen LogP contribution is 2.21. The van der Waals surface area contributed by atoms with E-state index >= 15 is 0 Å². The second-order valence-corrected chi connectivity index (χ2v) is 5.64. The van der Waals surface area contributed by atoms with E-state index in [1.807, 2.05) is 30.3 Å². The lowest BCUT2D eigenvalue weighted by molar-refractivity contribution is 0.0831. The Bertz CT molecular complexity index is 459. The van der Waals surface area contributed by atoms with E-state index in [1.54, 1.807) is 4.90 Å². The molecule has 0 aromatic heterocycles. The number of amides is 1. The van der Waals surface area contributed by atoms with Gasteiger partial charge in [0.1, 0.15) is 6.61 Å². The fourth-order valence-electron chi connectivity index (χ4n) is 2.86. The second kappa shape index (κ2) is 5.81. The first-order valence-electron chi connectivity index (χ1n) is 7.17. The molecule has 0 saturated carbocycles. The normalized spacial score (nSPS) is 23.6. The van der Waals surface area contributed by atoms with Crippen molar-refractivity contribution in [2.75, 3.05) is 26.2 Å². The van der Waals surface area contributed by atoms with Crippen molar-refractivity contribution >= 4 is 6.09 Å². The minimum atomic E-state index is -0.207. The first-order chi connectivity index (χ1) is 9.72. The van der Waals surface area contributed by atoms with Gasteiger partial charge in [-0.2, -0.15) is 0 Å². The van der Waals surface area contributed by atoms with Crippen molar-refractivity contribution in [1.29, 1.82) is 0 Å². The first kappa shape index (κ1) is 13.4. The molecule has 2 heterocycles. The van der Waals surface area contributed by atoms with Crippen molar-refractivity contribution in [3.63, 3.8) is 0 Å². The van der Waals surface area contributed by atoms with Crippen LogP contribution in [0.15, 0.2) is 30.3 Å². The number of hydrogen-bond donors (Lipinski definition) is 1. The quantitative estimate of drug-likeness (QED) is 0.895.